The highest BCUT2D eigenvalue weighted by molar-refractivity contribution is 5.77. The number of carbonyl (C=O) groups excluding carboxylic acids is 3. The number of urea groups is 2. The fourth-order valence-corrected chi connectivity index (χ4v) is 4.79. The van der Waals surface area contributed by atoms with Crippen LogP contribution >= 0.6 is 0 Å². The molecule has 0 bridgehead atoms. The third-order valence-electron chi connectivity index (χ3n) is 6.74. The molecule has 2 N–H and O–H groups in total. The van der Waals surface area contributed by atoms with Gasteiger partial charge in [0.25, 0.3) is 0 Å². The van der Waals surface area contributed by atoms with Crippen molar-refractivity contribution in [1.82, 2.24) is 25.3 Å². The van der Waals surface area contributed by atoms with Crippen molar-refractivity contribution in [1.29, 1.82) is 0 Å². The lowest BCUT2D eigenvalue weighted by molar-refractivity contribution is -0.274. The molecule has 4 rings (SSSR count). The number of rotatable bonds is 5. The Morgan fingerprint density at radius 2 is 2.00 bits per heavy atom. The van der Waals surface area contributed by atoms with Gasteiger partial charge >= 0.3 is 24.5 Å². The maximum Gasteiger partial charge on any atom is 0.573 e. The molecule has 2 aliphatic heterocycles. The summed E-state index contributed by atoms with van der Waals surface area (Å²) in [6.07, 6.45) is -3.58. The third kappa shape index (κ3) is 5.36. The SMILES string of the molecule is CNC(=O)N1C[C@H](N(C(=O)NCc2ccc(OC(F)(F)F)cc2F)C2CC2)CC2(COC(=O)N2C)C1. The molecule has 0 aromatic heterocycles. The zero-order chi connectivity index (χ0) is 26.3. The van der Waals surface area contributed by atoms with Crippen molar-refractivity contribution < 1.29 is 41.4 Å². The van der Waals surface area contributed by atoms with E-state index in [1.54, 1.807) is 11.9 Å². The van der Waals surface area contributed by atoms with Crippen LogP contribution in [0.4, 0.5) is 31.9 Å². The van der Waals surface area contributed by atoms with Gasteiger partial charge in [0.2, 0.25) is 0 Å². The maximum absolute atomic E-state index is 14.3. The molecule has 1 spiro atoms. The minimum absolute atomic E-state index is 0.0183. The van der Waals surface area contributed by atoms with Crippen LogP contribution in [0.25, 0.3) is 0 Å². The molecule has 198 valence electrons. The average Bonchev–Trinajstić information content (AvgIpc) is 3.61. The van der Waals surface area contributed by atoms with Gasteiger partial charge in [-0.2, -0.15) is 0 Å². The normalized spacial score (nSPS) is 23.9. The summed E-state index contributed by atoms with van der Waals surface area (Å²) in [6.45, 7) is 0.275. The molecule has 1 aromatic rings. The molecule has 36 heavy (non-hydrogen) atoms. The van der Waals surface area contributed by atoms with Crippen molar-refractivity contribution >= 4 is 18.2 Å². The number of cyclic esters (lactones) is 1. The smallest absolute Gasteiger partial charge is 0.447 e. The summed E-state index contributed by atoms with van der Waals surface area (Å²) in [5, 5.41) is 5.21. The van der Waals surface area contributed by atoms with Gasteiger partial charge in [-0.1, -0.05) is 6.07 Å². The van der Waals surface area contributed by atoms with Gasteiger partial charge in [-0.3, -0.25) is 0 Å². The van der Waals surface area contributed by atoms with E-state index in [0.717, 1.165) is 25.0 Å². The molecule has 1 unspecified atom stereocenters. The lowest BCUT2D eigenvalue weighted by atomic mass is 9.85. The lowest BCUT2D eigenvalue weighted by Crippen LogP contribution is -2.66. The second kappa shape index (κ2) is 9.54. The van der Waals surface area contributed by atoms with Gasteiger partial charge in [-0.05, 0) is 25.3 Å². The number of benzene rings is 1. The topological polar surface area (TPSA) is 103 Å². The Bertz CT molecular complexity index is 1040. The number of ether oxygens (including phenoxy) is 2. The van der Waals surface area contributed by atoms with E-state index in [2.05, 4.69) is 15.4 Å². The molecule has 5 amide bonds. The number of nitrogens with one attached hydrogen (secondary N) is 2. The van der Waals surface area contributed by atoms with Gasteiger partial charge in [0.1, 0.15) is 18.2 Å². The first-order chi connectivity index (χ1) is 16.9. The molecule has 1 aliphatic carbocycles. The number of halogens is 4. The van der Waals surface area contributed by atoms with Crippen molar-refractivity contribution in [3.63, 3.8) is 0 Å². The van der Waals surface area contributed by atoms with Crippen LogP contribution in [0, 0.1) is 5.82 Å². The van der Waals surface area contributed by atoms with E-state index >= 15 is 0 Å². The summed E-state index contributed by atoms with van der Waals surface area (Å²) in [5.74, 6) is -1.66. The fourth-order valence-electron chi connectivity index (χ4n) is 4.79. The van der Waals surface area contributed by atoms with Gasteiger partial charge < -0.3 is 34.8 Å². The Kier molecular flexibility index (Phi) is 6.80. The third-order valence-corrected chi connectivity index (χ3v) is 6.74. The van der Waals surface area contributed by atoms with Gasteiger partial charge in [0.15, 0.2) is 0 Å². The molecule has 10 nitrogen and oxygen atoms in total. The molecule has 2 saturated heterocycles. The first-order valence-corrected chi connectivity index (χ1v) is 11.4. The van der Waals surface area contributed by atoms with Crippen molar-refractivity contribution in [2.24, 2.45) is 0 Å². The second-order valence-corrected chi connectivity index (χ2v) is 9.23. The standard InChI is InChI=1S/C22H27F4N5O5/c1-27-18(32)30-10-15(8-21(11-30)12-35-20(34)29(21)2)31(14-4-5-14)19(33)28-9-13-3-6-16(7-17(13)23)36-22(24,25)26/h3,6-7,14-15H,4-5,8-12H2,1-2H3,(H,27,32)(H,28,33)/t15-,21?/m1/s1. The van der Waals surface area contributed by atoms with Gasteiger partial charge in [0.05, 0.1) is 11.6 Å². The first kappa shape index (κ1) is 25.6. The molecule has 0 radical (unpaired) electrons. The van der Waals surface area contributed by atoms with E-state index in [-0.39, 0.29) is 43.9 Å². The zero-order valence-electron chi connectivity index (χ0n) is 19.7. The summed E-state index contributed by atoms with van der Waals surface area (Å²) >= 11 is 0. The van der Waals surface area contributed by atoms with E-state index in [0.29, 0.717) is 12.5 Å². The van der Waals surface area contributed by atoms with Gasteiger partial charge in [0, 0.05) is 51.4 Å². The highest BCUT2D eigenvalue weighted by Crippen LogP contribution is 2.38. The van der Waals surface area contributed by atoms with E-state index in [1.165, 1.54) is 16.8 Å². The molecular formula is C22H27F4N5O5. The minimum Gasteiger partial charge on any atom is -0.447 e. The van der Waals surface area contributed by atoms with Crippen molar-refractivity contribution in [3.05, 3.63) is 29.6 Å². The molecule has 14 heteroatoms. The summed E-state index contributed by atoms with van der Waals surface area (Å²) < 4.78 is 60.4. The number of nitrogens with zero attached hydrogens (tertiary/aromatic N) is 3. The van der Waals surface area contributed by atoms with Gasteiger partial charge in [-0.25, -0.2) is 18.8 Å². The molecule has 3 aliphatic rings. The van der Waals surface area contributed by atoms with Gasteiger partial charge in [-0.15, -0.1) is 13.2 Å². The number of likely N-dealkylation sites (tertiary alicyclic amines) is 1. The molecule has 3 fully saturated rings. The van der Waals surface area contributed by atoms with Crippen LogP contribution in [-0.4, -0.2) is 90.6 Å². The second-order valence-electron chi connectivity index (χ2n) is 9.23. The molecule has 2 atom stereocenters. The number of carbonyl (C=O) groups is 3. The summed E-state index contributed by atoms with van der Waals surface area (Å²) in [7, 11) is 3.08. The highest BCUT2D eigenvalue weighted by Gasteiger charge is 2.54. The van der Waals surface area contributed by atoms with E-state index in [1.807, 2.05) is 0 Å². The Balaban J connectivity index is 1.49. The summed E-state index contributed by atoms with van der Waals surface area (Å²) in [6, 6.07) is 1.28. The van der Waals surface area contributed by atoms with Crippen LogP contribution in [0.15, 0.2) is 18.2 Å². The Morgan fingerprint density at radius 1 is 1.28 bits per heavy atom. The van der Waals surface area contributed by atoms with Crippen LogP contribution in [0.2, 0.25) is 0 Å². The van der Waals surface area contributed by atoms with Crippen LogP contribution in [0.1, 0.15) is 24.8 Å². The Labute approximate surface area is 204 Å². The Morgan fingerprint density at radius 3 is 2.56 bits per heavy atom. The van der Waals surface area contributed by atoms with E-state index < -0.39 is 41.6 Å². The average molecular weight is 517 g/mol. The number of piperidine rings is 1. The van der Waals surface area contributed by atoms with Crippen LogP contribution in [-0.2, 0) is 11.3 Å². The van der Waals surface area contributed by atoms with Crippen LogP contribution < -0.4 is 15.4 Å². The van der Waals surface area contributed by atoms with Crippen LogP contribution in [0.5, 0.6) is 5.75 Å². The predicted octanol–water partition coefficient (Wildman–Crippen LogP) is 2.63. The summed E-state index contributed by atoms with van der Waals surface area (Å²) in [4.78, 5) is 42.5. The molecule has 2 heterocycles. The fraction of sp³-hybridized carbons (Fsp3) is 0.591. The molecule has 1 saturated carbocycles. The van der Waals surface area contributed by atoms with Crippen molar-refractivity contribution in [3.8, 4) is 5.75 Å². The minimum atomic E-state index is -4.95. The van der Waals surface area contributed by atoms with Crippen molar-refractivity contribution in [2.75, 3.05) is 33.8 Å². The Hall–Kier alpha value is -3.45. The predicted molar refractivity (Wildman–Crippen MR) is 116 cm³/mol. The van der Waals surface area contributed by atoms with Crippen molar-refractivity contribution in [2.45, 2.75) is 49.8 Å². The van der Waals surface area contributed by atoms with E-state index in [9.17, 15) is 31.9 Å². The highest BCUT2D eigenvalue weighted by atomic mass is 19.4. The number of hydrogen-bond donors (Lipinski definition) is 2. The van der Waals surface area contributed by atoms with E-state index in [4.69, 9.17) is 4.74 Å². The molecule has 1 aromatic carbocycles. The number of hydrogen-bond acceptors (Lipinski definition) is 5. The number of likely N-dealkylation sites (N-methyl/N-ethyl adjacent to an activating group) is 1. The van der Waals surface area contributed by atoms with Crippen LogP contribution in [0.3, 0.4) is 0 Å². The maximum atomic E-state index is 14.3. The quantitative estimate of drug-likeness (QED) is 0.585. The summed E-state index contributed by atoms with van der Waals surface area (Å²) in [5.41, 5.74) is -0.823. The first-order valence-electron chi connectivity index (χ1n) is 11.4. The largest absolute Gasteiger partial charge is 0.573 e. The number of alkyl halides is 3. The zero-order valence-corrected chi connectivity index (χ0v) is 19.7. The number of amides is 5. The monoisotopic (exact) mass is 517 g/mol. The lowest BCUT2D eigenvalue weighted by Gasteiger charge is -2.48. The molecular weight excluding hydrogens is 490 g/mol.